The largest absolute Gasteiger partial charge is 0.373 e. The lowest BCUT2D eigenvalue weighted by atomic mass is 10.2. The van der Waals surface area contributed by atoms with Gasteiger partial charge in [-0.15, -0.1) is 0 Å². The highest BCUT2D eigenvalue weighted by Gasteiger charge is 2.00. The first-order chi connectivity index (χ1) is 5.27. The zero-order valence-corrected chi connectivity index (χ0v) is 6.69. The molecule has 11 heavy (non-hydrogen) atoms. The highest BCUT2D eigenvalue weighted by molar-refractivity contribution is 5.43. The van der Waals surface area contributed by atoms with Gasteiger partial charge in [0.05, 0.1) is 6.20 Å². The second-order valence-corrected chi connectivity index (χ2v) is 2.26. The van der Waals surface area contributed by atoms with E-state index in [4.69, 9.17) is 0 Å². The first-order valence-corrected chi connectivity index (χ1v) is 3.60. The SMILES string of the molecule is CCc1cc(F)cnc1NC. The molecule has 0 radical (unpaired) electrons. The lowest BCUT2D eigenvalue weighted by molar-refractivity contribution is 0.619. The Morgan fingerprint density at radius 3 is 2.91 bits per heavy atom. The van der Waals surface area contributed by atoms with E-state index in [2.05, 4.69) is 10.3 Å². The Hall–Kier alpha value is -1.12. The van der Waals surface area contributed by atoms with E-state index < -0.39 is 0 Å². The fourth-order valence-corrected chi connectivity index (χ4v) is 0.976. The van der Waals surface area contributed by atoms with E-state index in [1.807, 2.05) is 6.92 Å². The molecule has 1 heterocycles. The number of pyridine rings is 1. The molecule has 0 saturated heterocycles. The molecule has 0 bridgehead atoms. The molecule has 0 amide bonds. The molecule has 0 aliphatic rings. The fraction of sp³-hybridized carbons (Fsp3) is 0.375. The summed E-state index contributed by atoms with van der Waals surface area (Å²) in [5.41, 5.74) is 0.910. The molecular formula is C8H11FN2. The average molecular weight is 154 g/mol. The van der Waals surface area contributed by atoms with E-state index in [0.717, 1.165) is 17.8 Å². The molecule has 60 valence electrons. The molecule has 0 fully saturated rings. The van der Waals surface area contributed by atoms with Crippen molar-refractivity contribution in [2.45, 2.75) is 13.3 Å². The number of nitrogens with zero attached hydrogens (tertiary/aromatic N) is 1. The van der Waals surface area contributed by atoms with Crippen LogP contribution in [-0.2, 0) is 6.42 Å². The lowest BCUT2D eigenvalue weighted by Gasteiger charge is -2.04. The van der Waals surface area contributed by atoms with Gasteiger partial charge in [0.1, 0.15) is 11.6 Å². The molecule has 0 aromatic carbocycles. The Kier molecular flexibility index (Phi) is 2.41. The van der Waals surface area contributed by atoms with Crippen molar-refractivity contribution in [3.63, 3.8) is 0 Å². The van der Waals surface area contributed by atoms with E-state index in [1.165, 1.54) is 12.3 Å². The van der Waals surface area contributed by atoms with Crippen molar-refractivity contribution < 1.29 is 4.39 Å². The Bertz CT molecular complexity index is 248. The summed E-state index contributed by atoms with van der Waals surface area (Å²) in [6.45, 7) is 1.97. The zero-order chi connectivity index (χ0) is 8.27. The predicted molar refractivity (Wildman–Crippen MR) is 43.1 cm³/mol. The Balaban J connectivity index is 3.06. The van der Waals surface area contributed by atoms with Gasteiger partial charge in [-0.05, 0) is 18.1 Å². The Morgan fingerprint density at radius 2 is 2.36 bits per heavy atom. The van der Waals surface area contributed by atoms with Crippen LogP contribution < -0.4 is 5.32 Å². The maximum atomic E-state index is 12.6. The van der Waals surface area contributed by atoms with Crippen LogP contribution in [0.3, 0.4) is 0 Å². The number of hydrogen-bond donors (Lipinski definition) is 1. The number of aryl methyl sites for hydroxylation is 1. The van der Waals surface area contributed by atoms with Gasteiger partial charge < -0.3 is 5.32 Å². The van der Waals surface area contributed by atoms with Crippen LogP contribution in [0, 0.1) is 5.82 Å². The van der Waals surface area contributed by atoms with Crippen molar-refractivity contribution in [3.8, 4) is 0 Å². The number of anilines is 1. The quantitative estimate of drug-likeness (QED) is 0.702. The van der Waals surface area contributed by atoms with Gasteiger partial charge in [0, 0.05) is 7.05 Å². The third-order valence-corrected chi connectivity index (χ3v) is 1.55. The van der Waals surface area contributed by atoms with E-state index >= 15 is 0 Å². The maximum absolute atomic E-state index is 12.6. The second-order valence-electron chi connectivity index (χ2n) is 2.26. The molecule has 0 aliphatic heterocycles. The van der Waals surface area contributed by atoms with Crippen molar-refractivity contribution in [2.75, 3.05) is 12.4 Å². The minimum atomic E-state index is -0.277. The van der Waals surface area contributed by atoms with Crippen molar-refractivity contribution >= 4 is 5.82 Å². The smallest absolute Gasteiger partial charge is 0.141 e. The van der Waals surface area contributed by atoms with Gasteiger partial charge in [0.2, 0.25) is 0 Å². The number of halogens is 1. The van der Waals surface area contributed by atoms with Crippen molar-refractivity contribution in [1.29, 1.82) is 0 Å². The van der Waals surface area contributed by atoms with E-state index in [9.17, 15) is 4.39 Å². The normalized spacial score (nSPS) is 9.73. The number of aromatic nitrogens is 1. The Morgan fingerprint density at radius 1 is 1.64 bits per heavy atom. The molecule has 0 aliphatic carbocycles. The molecule has 1 rings (SSSR count). The van der Waals surface area contributed by atoms with Gasteiger partial charge in [0.25, 0.3) is 0 Å². The molecule has 2 nitrogen and oxygen atoms in total. The number of nitrogens with one attached hydrogen (secondary N) is 1. The summed E-state index contributed by atoms with van der Waals surface area (Å²) in [5, 5.41) is 2.90. The minimum absolute atomic E-state index is 0.277. The van der Waals surface area contributed by atoms with Gasteiger partial charge in [-0.2, -0.15) is 0 Å². The zero-order valence-electron chi connectivity index (χ0n) is 6.69. The van der Waals surface area contributed by atoms with Gasteiger partial charge in [-0.3, -0.25) is 0 Å². The lowest BCUT2D eigenvalue weighted by Crippen LogP contribution is -1.98. The van der Waals surface area contributed by atoms with Crippen LogP contribution in [0.1, 0.15) is 12.5 Å². The second kappa shape index (κ2) is 3.32. The molecule has 0 spiro atoms. The van der Waals surface area contributed by atoms with Crippen LogP contribution in [0.25, 0.3) is 0 Å². The average Bonchev–Trinajstić information content (AvgIpc) is 2.04. The molecule has 0 saturated carbocycles. The Labute approximate surface area is 65.5 Å². The van der Waals surface area contributed by atoms with Crippen LogP contribution in [0.2, 0.25) is 0 Å². The first kappa shape index (κ1) is 7.98. The van der Waals surface area contributed by atoms with E-state index in [-0.39, 0.29) is 5.82 Å². The summed E-state index contributed by atoms with van der Waals surface area (Å²) < 4.78 is 12.6. The summed E-state index contributed by atoms with van der Waals surface area (Å²) in [5.74, 6) is 0.481. The molecule has 1 aromatic heterocycles. The first-order valence-electron chi connectivity index (χ1n) is 3.60. The molecule has 0 atom stereocenters. The van der Waals surface area contributed by atoms with Crippen LogP contribution >= 0.6 is 0 Å². The van der Waals surface area contributed by atoms with Crippen molar-refractivity contribution in [2.24, 2.45) is 0 Å². The van der Waals surface area contributed by atoms with Gasteiger partial charge in [0.15, 0.2) is 0 Å². The summed E-state index contributed by atoms with van der Waals surface area (Å²) in [6, 6.07) is 1.50. The molecule has 1 aromatic rings. The maximum Gasteiger partial charge on any atom is 0.141 e. The topological polar surface area (TPSA) is 24.9 Å². The standard InChI is InChI=1S/C8H11FN2/c1-3-6-4-7(9)5-11-8(6)10-2/h4-5H,3H2,1-2H3,(H,10,11). The summed E-state index contributed by atoms with van der Waals surface area (Å²) >= 11 is 0. The van der Waals surface area contributed by atoms with E-state index in [0.29, 0.717) is 0 Å². The third kappa shape index (κ3) is 1.67. The van der Waals surface area contributed by atoms with Crippen LogP contribution in [0.15, 0.2) is 12.3 Å². The monoisotopic (exact) mass is 154 g/mol. The van der Waals surface area contributed by atoms with Crippen LogP contribution in [0.4, 0.5) is 10.2 Å². The van der Waals surface area contributed by atoms with Crippen molar-refractivity contribution in [1.82, 2.24) is 4.98 Å². The fourth-order valence-electron chi connectivity index (χ4n) is 0.976. The number of hydrogen-bond acceptors (Lipinski definition) is 2. The van der Waals surface area contributed by atoms with Crippen molar-refractivity contribution in [3.05, 3.63) is 23.6 Å². The molecule has 3 heteroatoms. The van der Waals surface area contributed by atoms with Gasteiger partial charge >= 0.3 is 0 Å². The number of rotatable bonds is 2. The third-order valence-electron chi connectivity index (χ3n) is 1.55. The highest BCUT2D eigenvalue weighted by atomic mass is 19.1. The molecule has 0 unspecified atom stereocenters. The summed E-state index contributed by atoms with van der Waals surface area (Å²) in [4.78, 5) is 3.88. The minimum Gasteiger partial charge on any atom is -0.373 e. The summed E-state index contributed by atoms with van der Waals surface area (Å²) in [6.07, 6.45) is 2.01. The van der Waals surface area contributed by atoms with Gasteiger partial charge in [-0.25, -0.2) is 9.37 Å². The van der Waals surface area contributed by atoms with E-state index in [1.54, 1.807) is 7.05 Å². The molecular weight excluding hydrogens is 143 g/mol. The van der Waals surface area contributed by atoms with Crippen LogP contribution in [0.5, 0.6) is 0 Å². The highest BCUT2D eigenvalue weighted by Crippen LogP contribution is 2.12. The predicted octanol–water partition coefficient (Wildman–Crippen LogP) is 1.82. The molecule has 1 N–H and O–H groups in total. The summed E-state index contributed by atoms with van der Waals surface area (Å²) in [7, 11) is 1.78. The van der Waals surface area contributed by atoms with Gasteiger partial charge in [-0.1, -0.05) is 6.92 Å². The van der Waals surface area contributed by atoms with Crippen LogP contribution in [-0.4, -0.2) is 12.0 Å².